The van der Waals surface area contributed by atoms with Gasteiger partial charge >= 0.3 is 0 Å². The fourth-order valence-corrected chi connectivity index (χ4v) is 4.57. The molecule has 0 spiro atoms. The van der Waals surface area contributed by atoms with Crippen LogP contribution in [0.1, 0.15) is 6.42 Å². The molecule has 1 aliphatic heterocycles. The Morgan fingerprint density at radius 2 is 1.43 bits per heavy atom. The molecule has 4 aromatic rings. The molecule has 1 N–H and O–H groups in total. The molecular weight excluding hydrogens is 374 g/mol. The third-order valence-corrected chi connectivity index (χ3v) is 5.97. The summed E-state index contributed by atoms with van der Waals surface area (Å²) in [5, 5.41) is 13.5. The Morgan fingerprint density at radius 1 is 0.767 bits per heavy atom. The van der Waals surface area contributed by atoms with Gasteiger partial charge in [-0.2, -0.15) is 0 Å². The first-order valence-electron chi connectivity index (χ1n) is 10.7. The Bertz CT molecular complexity index is 1070. The van der Waals surface area contributed by atoms with Gasteiger partial charge in [-0.15, -0.1) is 0 Å². The molecule has 0 radical (unpaired) electrons. The van der Waals surface area contributed by atoms with E-state index in [0.29, 0.717) is 13.1 Å². The van der Waals surface area contributed by atoms with Crippen LogP contribution in [0.5, 0.6) is 0 Å². The first kappa shape index (κ1) is 19.0. The maximum Gasteiger partial charge on any atom is 0.225 e. The molecule has 1 fully saturated rings. The summed E-state index contributed by atoms with van der Waals surface area (Å²) in [5.74, 6) is 0.796. The predicted octanol–water partition coefficient (Wildman–Crippen LogP) is 3.16. The van der Waals surface area contributed by atoms with Crippen LogP contribution >= 0.6 is 0 Å². The van der Waals surface area contributed by atoms with Crippen LogP contribution < -0.4 is 4.90 Å². The number of β-amino-alcohol motifs (C(OH)–C–C–N with tert-alkyl or cyclic N) is 1. The highest BCUT2D eigenvalue weighted by atomic mass is 16.3. The first-order valence-corrected chi connectivity index (χ1v) is 10.7. The second kappa shape index (κ2) is 8.42. The minimum absolute atomic E-state index is 0.427. The number of rotatable bonds is 5. The largest absolute Gasteiger partial charge is 0.390 e. The Morgan fingerprint density at radius 3 is 2.13 bits per heavy atom. The van der Waals surface area contributed by atoms with Gasteiger partial charge in [-0.1, -0.05) is 36.4 Å². The molecule has 1 aliphatic rings. The monoisotopic (exact) mass is 401 g/mol. The number of hydrogen-bond donors (Lipinski definition) is 1. The number of para-hydroxylation sites is 2. The average molecular weight is 402 g/mol. The number of aromatic nitrogens is 3. The molecule has 30 heavy (non-hydrogen) atoms. The van der Waals surface area contributed by atoms with E-state index in [2.05, 4.69) is 72.9 Å². The summed E-state index contributed by atoms with van der Waals surface area (Å²) in [6, 6.07) is 18.8. The highest BCUT2D eigenvalue weighted by Gasteiger charge is 2.20. The summed E-state index contributed by atoms with van der Waals surface area (Å²) in [7, 11) is 0. The van der Waals surface area contributed by atoms with Crippen molar-refractivity contribution in [2.24, 2.45) is 0 Å². The molecule has 6 heteroatoms. The van der Waals surface area contributed by atoms with E-state index in [0.717, 1.165) is 38.5 Å². The van der Waals surface area contributed by atoms with E-state index in [1.165, 1.54) is 21.8 Å². The van der Waals surface area contributed by atoms with Crippen LogP contribution in [0.4, 0.5) is 5.95 Å². The number of benzene rings is 2. The summed E-state index contributed by atoms with van der Waals surface area (Å²) >= 11 is 0. The van der Waals surface area contributed by atoms with Crippen LogP contribution in [-0.4, -0.2) is 63.4 Å². The Hall–Kier alpha value is -2.96. The third-order valence-electron chi connectivity index (χ3n) is 5.97. The van der Waals surface area contributed by atoms with Gasteiger partial charge in [0.05, 0.1) is 12.6 Å². The molecule has 0 bridgehead atoms. The highest BCUT2D eigenvalue weighted by molar-refractivity contribution is 6.07. The molecule has 154 valence electrons. The van der Waals surface area contributed by atoms with Crippen molar-refractivity contribution in [2.75, 3.05) is 37.6 Å². The molecule has 0 unspecified atom stereocenters. The molecule has 1 atom stereocenters. The van der Waals surface area contributed by atoms with E-state index in [1.54, 1.807) is 12.4 Å². The molecule has 2 aromatic heterocycles. The summed E-state index contributed by atoms with van der Waals surface area (Å²) in [6.07, 6.45) is 4.20. The topological polar surface area (TPSA) is 57.4 Å². The molecule has 0 amide bonds. The van der Waals surface area contributed by atoms with Crippen molar-refractivity contribution >= 4 is 27.8 Å². The van der Waals surface area contributed by atoms with Gasteiger partial charge in [0.2, 0.25) is 5.95 Å². The van der Waals surface area contributed by atoms with Gasteiger partial charge in [-0.3, -0.25) is 4.90 Å². The third kappa shape index (κ3) is 3.76. The second-order valence-electron chi connectivity index (χ2n) is 7.99. The number of anilines is 1. The van der Waals surface area contributed by atoms with Crippen LogP contribution in [0.3, 0.4) is 0 Å². The fraction of sp³-hybridized carbons (Fsp3) is 0.333. The second-order valence-corrected chi connectivity index (χ2v) is 7.99. The SMILES string of the molecule is O[C@H](CN1CCCN(c2ncccn2)CC1)Cn1c2ccccc2c2ccccc21. The summed E-state index contributed by atoms with van der Waals surface area (Å²) in [6.45, 7) is 4.98. The van der Waals surface area contributed by atoms with Crippen LogP contribution in [0.15, 0.2) is 67.0 Å². The standard InChI is InChI=1S/C24H27N5O/c30-19(17-27-13-6-14-28(16-15-27)24-25-11-5-12-26-24)18-29-22-9-3-1-7-20(22)21-8-2-4-10-23(21)29/h1-5,7-12,19,30H,6,13-18H2/t19-/m1/s1. The summed E-state index contributed by atoms with van der Waals surface area (Å²) in [5.41, 5.74) is 2.36. The van der Waals surface area contributed by atoms with Gasteiger partial charge in [0.25, 0.3) is 0 Å². The van der Waals surface area contributed by atoms with E-state index >= 15 is 0 Å². The van der Waals surface area contributed by atoms with Gasteiger partial charge in [0, 0.05) is 60.4 Å². The minimum atomic E-state index is -0.427. The van der Waals surface area contributed by atoms with Crippen LogP contribution in [0, 0.1) is 0 Å². The molecule has 5 rings (SSSR count). The molecule has 6 nitrogen and oxygen atoms in total. The van der Waals surface area contributed by atoms with Gasteiger partial charge < -0.3 is 14.6 Å². The predicted molar refractivity (Wildman–Crippen MR) is 121 cm³/mol. The lowest BCUT2D eigenvalue weighted by atomic mass is 10.2. The van der Waals surface area contributed by atoms with Crippen molar-refractivity contribution < 1.29 is 5.11 Å². The first-order chi connectivity index (χ1) is 14.8. The van der Waals surface area contributed by atoms with Crippen molar-refractivity contribution in [3.05, 3.63) is 67.0 Å². The molecule has 0 aliphatic carbocycles. The molecule has 2 aromatic carbocycles. The maximum atomic E-state index is 11.0. The van der Waals surface area contributed by atoms with Crippen molar-refractivity contribution in [3.8, 4) is 0 Å². The van der Waals surface area contributed by atoms with Gasteiger partial charge in [-0.05, 0) is 31.2 Å². The van der Waals surface area contributed by atoms with Crippen LogP contribution in [0.2, 0.25) is 0 Å². The maximum absolute atomic E-state index is 11.0. The summed E-state index contributed by atoms with van der Waals surface area (Å²) in [4.78, 5) is 13.4. The minimum Gasteiger partial charge on any atom is -0.390 e. The molecular formula is C24H27N5O. The summed E-state index contributed by atoms with van der Waals surface area (Å²) < 4.78 is 2.26. The van der Waals surface area contributed by atoms with E-state index in [1.807, 2.05) is 6.07 Å². The zero-order valence-electron chi connectivity index (χ0n) is 17.1. The average Bonchev–Trinajstić information content (AvgIpc) is 2.93. The van der Waals surface area contributed by atoms with Crippen molar-refractivity contribution in [3.63, 3.8) is 0 Å². The lowest BCUT2D eigenvalue weighted by molar-refractivity contribution is 0.103. The van der Waals surface area contributed by atoms with Gasteiger partial charge in [0.15, 0.2) is 0 Å². The zero-order valence-corrected chi connectivity index (χ0v) is 17.1. The fourth-order valence-electron chi connectivity index (χ4n) is 4.57. The number of nitrogens with zero attached hydrogens (tertiary/aromatic N) is 5. The number of fused-ring (bicyclic) bond motifs is 3. The van der Waals surface area contributed by atoms with E-state index in [4.69, 9.17) is 0 Å². The van der Waals surface area contributed by atoms with E-state index in [9.17, 15) is 5.11 Å². The van der Waals surface area contributed by atoms with Crippen molar-refractivity contribution in [2.45, 2.75) is 19.1 Å². The van der Waals surface area contributed by atoms with Crippen molar-refractivity contribution in [1.82, 2.24) is 19.4 Å². The quantitative estimate of drug-likeness (QED) is 0.557. The highest BCUT2D eigenvalue weighted by Crippen LogP contribution is 2.29. The lowest BCUT2D eigenvalue weighted by Crippen LogP contribution is -2.37. The van der Waals surface area contributed by atoms with E-state index < -0.39 is 6.10 Å². The number of hydrogen-bond acceptors (Lipinski definition) is 5. The normalized spacial score (nSPS) is 16.8. The van der Waals surface area contributed by atoms with Crippen LogP contribution in [0.25, 0.3) is 21.8 Å². The number of aliphatic hydroxyl groups excluding tert-OH is 1. The van der Waals surface area contributed by atoms with Crippen LogP contribution in [-0.2, 0) is 6.54 Å². The molecule has 0 saturated carbocycles. The molecule has 1 saturated heterocycles. The smallest absolute Gasteiger partial charge is 0.225 e. The number of aliphatic hydroxyl groups is 1. The zero-order chi connectivity index (χ0) is 20.3. The Balaban J connectivity index is 1.29. The van der Waals surface area contributed by atoms with Crippen molar-refractivity contribution in [1.29, 1.82) is 0 Å². The Labute approximate surface area is 176 Å². The van der Waals surface area contributed by atoms with Gasteiger partial charge in [-0.25, -0.2) is 9.97 Å². The molecule has 3 heterocycles. The lowest BCUT2D eigenvalue weighted by Gasteiger charge is -2.24. The Kier molecular flexibility index (Phi) is 5.34. The van der Waals surface area contributed by atoms with Gasteiger partial charge in [0.1, 0.15) is 0 Å². The van der Waals surface area contributed by atoms with E-state index in [-0.39, 0.29) is 0 Å².